The zero-order chi connectivity index (χ0) is 19.1. The first-order valence-corrected chi connectivity index (χ1v) is 10.1. The summed E-state index contributed by atoms with van der Waals surface area (Å²) in [5, 5.41) is 0. The molecule has 0 N–H and O–H groups in total. The van der Waals surface area contributed by atoms with Crippen molar-refractivity contribution in [3.05, 3.63) is 57.6 Å². The summed E-state index contributed by atoms with van der Waals surface area (Å²) in [5.41, 5.74) is 4.71. The van der Waals surface area contributed by atoms with Crippen LogP contribution in [-0.2, 0) is 11.3 Å². The molecule has 0 bridgehead atoms. The van der Waals surface area contributed by atoms with E-state index in [-0.39, 0.29) is 5.97 Å². The minimum Gasteiger partial charge on any atom is -0.426 e. The van der Waals surface area contributed by atoms with Crippen molar-refractivity contribution in [2.75, 3.05) is 11.4 Å². The zero-order valence-electron chi connectivity index (χ0n) is 16.1. The smallest absolute Gasteiger partial charge is 0.311 e. The molecule has 2 aromatic carbocycles. The van der Waals surface area contributed by atoms with Gasteiger partial charge in [0.25, 0.3) is 0 Å². The summed E-state index contributed by atoms with van der Waals surface area (Å²) in [6.07, 6.45) is 2.33. The van der Waals surface area contributed by atoms with Crippen LogP contribution in [0.2, 0.25) is 0 Å². The Hall–Kier alpha value is -1.81. The SMILES string of the molecule is CCCC(=O)Oc1ccc(CN(CCC)c2cccc(Br)c2C)cc1C. The molecule has 0 saturated heterocycles. The van der Waals surface area contributed by atoms with Gasteiger partial charge in [-0.2, -0.15) is 0 Å². The molecule has 0 aliphatic heterocycles. The fraction of sp³-hybridized carbons (Fsp3) is 0.409. The lowest BCUT2D eigenvalue weighted by molar-refractivity contribution is -0.134. The second kappa shape index (κ2) is 9.77. The van der Waals surface area contributed by atoms with E-state index in [1.165, 1.54) is 16.8 Å². The maximum absolute atomic E-state index is 11.7. The molecule has 140 valence electrons. The average Bonchev–Trinajstić information content (AvgIpc) is 2.60. The molecule has 26 heavy (non-hydrogen) atoms. The van der Waals surface area contributed by atoms with Gasteiger partial charge in [-0.3, -0.25) is 4.79 Å². The van der Waals surface area contributed by atoms with Crippen molar-refractivity contribution in [1.82, 2.24) is 0 Å². The van der Waals surface area contributed by atoms with Crippen molar-refractivity contribution in [2.24, 2.45) is 0 Å². The van der Waals surface area contributed by atoms with Crippen LogP contribution in [0.5, 0.6) is 5.75 Å². The van der Waals surface area contributed by atoms with Crippen molar-refractivity contribution < 1.29 is 9.53 Å². The number of anilines is 1. The molecule has 2 aromatic rings. The maximum atomic E-state index is 11.7. The molecule has 3 nitrogen and oxygen atoms in total. The van der Waals surface area contributed by atoms with E-state index in [1.54, 1.807) is 0 Å². The Morgan fingerprint density at radius 1 is 1.12 bits per heavy atom. The predicted octanol–water partition coefficient (Wildman–Crippen LogP) is 6.19. The van der Waals surface area contributed by atoms with Gasteiger partial charge in [0.15, 0.2) is 0 Å². The third-order valence-corrected chi connectivity index (χ3v) is 5.22. The summed E-state index contributed by atoms with van der Waals surface area (Å²) in [6.45, 7) is 10.1. The average molecular weight is 418 g/mol. The molecule has 0 amide bonds. The Morgan fingerprint density at radius 2 is 1.88 bits per heavy atom. The van der Waals surface area contributed by atoms with E-state index in [9.17, 15) is 4.79 Å². The highest BCUT2D eigenvalue weighted by Crippen LogP contribution is 2.29. The number of esters is 1. The van der Waals surface area contributed by atoms with Crippen molar-refractivity contribution in [1.29, 1.82) is 0 Å². The molecule has 4 heteroatoms. The summed E-state index contributed by atoms with van der Waals surface area (Å²) in [5.74, 6) is 0.494. The molecule has 0 unspecified atom stereocenters. The number of carbonyl (C=O) groups is 1. The van der Waals surface area contributed by atoms with Gasteiger partial charge in [0.05, 0.1) is 0 Å². The van der Waals surface area contributed by atoms with E-state index in [0.29, 0.717) is 12.2 Å². The van der Waals surface area contributed by atoms with E-state index in [1.807, 2.05) is 19.9 Å². The van der Waals surface area contributed by atoms with Crippen LogP contribution in [0, 0.1) is 13.8 Å². The Balaban J connectivity index is 2.20. The van der Waals surface area contributed by atoms with Gasteiger partial charge in [0.1, 0.15) is 5.75 Å². The highest BCUT2D eigenvalue weighted by Gasteiger charge is 2.13. The van der Waals surface area contributed by atoms with Gasteiger partial charge in [-0.15, -0.1) is 0 Å². The first-order valence-electron chi connectivity index (χ1n) is 9.26. The van der Waals surface area contributed by atoms with E-state index in [2.05, 4.69) is 65.0 Å². The molecule has 0 aliphatic rings. The third-order valence-electron chi connectivity index (χ3n) is 4.36. The fourth-order valence-corrected chi connectivity index (χ4v) is 3.37. The molecule has 0 heterocycles. The Kier molecular flexibility index (Phi) is 7.70. The van der Waals surface area contributed by atoms with Gasteiger partial charge in [-0.05, 0) is 61.6 Å². The first kappa shape index (κ1) is 20.5. The maximum Gasteiger partial charge on any atom is 0.311 e. The highest BCUT2D eigenvalue weighted by molar-refractivity contribution is 9.10. The molecule has 0 fully saturated rings. The minimum atomic E-state index is -0.166. The minimum absolute atomic E-state index is 0.166. The molecule has 2 rings (SSSR count). The van der Waals surface area contributed by atoms with E-state index in [4.69, 9.17) is 4.74 Å². The molecule has 0 spiro atoms. The van der Waals surface area contributed by atoms with Gasteiger partial charge in [0, 0.05) is 29.7 Å². The topological polar surface area (TPSA) is 29.5 Å². The summed E-state index contributed by atoms with van der Waals surface area (Å²) < 4.78 is 6.58. The second-order valence-electron chi connectivity index (χ2n) is 6.63. The quantitative estimate of drug-likeness (QED) is 0.378. The number of ether oxygens (including phenoxy) is 1. The number of carbonyl (C=O) groups excluding carboxylic acids is 1. The number of benzene rings is 2. The summed E-state index contributed by atoms with van der Waals surface area (Å²) in [6, 6.07) is 12.4. The lowest BCUT2D eigenvalue weighted by Crippen LogP contribution is -2.24. The van der Waals surface area contributed by atoms with Crippen LogP contribution < -0.4 is 9.64 Å². The van der Waals surface area contributed by atoms with Crippen molar-refractivity contribution in [3.63, 3.8) is 0 Å². The van der Waals surface area contributed by atoms with E-state index >= 15 is 0 Å². The third kappa shape index (κ3) is 5.34. The number of hydrogen-bond donors (Lipinski definition) is 0. The van der Waals surface area contributed by atoms with Gasteiger partial charge in [-0.25, -0.2) is 0 Å². The fourth-order valence-electron chi connectivity index (χ4n) is 3.02. The largest absolute Gasteiger partial charge is 0.426 e. The Bertz CT molecular complexity index is 758. The van der Waals surface area contributed by atoms with E-state index in [0.717, 1.165) is 36.0 Å². The Labute approximate surface area is 165 Å². The normalized spacial score (nSPS) is 10.7. The number of hydrogen-bond acceptors (Lipinski definition) is 3. The Morgan fingerprint density at radius 3 is 2.54 bits per heavy atom. The van der Waals surface area contributed by atoms with Crippen LogP contribution in [0.15, 0.2) is 40.9 Å². The highest BCUT2D eigenvalue weighted by atomic mass is 79.9. The van der Waals surface area contributed by atoms with Crippen molar-refractivity contribution >= 4 is 27.6 Å². The van der Waals surface area contributed by atoms with Crippen LogP contribution in [-0.4, -0.2) is 12.5 Å². The molecule has 0 aliphatic carbocycles. The van der Waals surface area contributed by atoms with Crippen LogP contribution in [0.3, 0.4) is 0 Å². The lowest BCUT2D eigenvalue weighted by Gasteiger charge is -2.27. The molecule has 0 radical (unpaired) electrons. The van der Waals surface area contributed by atoms with Crippen LogP contribution >= 0.6 is 15.9 Å². The molecule has 0 atom stereocenters. The summed E-state index contributed by atoms with van der Waals surface area (Å²) >= 11 is 3.63. The van der Waals surface area contributed by atoms with Crippen LogP contribution in [0.4, 0.5) is 5.69 Å². The van der Waals surface area contributed by atoms with Gasteiger partial charge >= 0.3 is 5.97 Å². The summed E-state index contributed by atoms with van der Waals surface area (Å²) in [7, 11) is 0. The number of rotatable bonds is 8. The lowest BCUT2D eigenvalue weighted by atomic mass is 10.1. The zero-order valence-corrected chi connectivity index (χ0v) is 17.7. The second-order valence-corrected chi connectivity index (χ2v) is 7.48. The van der Waals surface area contributed by atoms with Crippen molar-refractivity contribution in [3.8, 4) is 5.75 Å². The van der Waals surface area contributed by atoms with Crippen molar-refractivity contribution in [2.45, 2.75) is 53.5 Å². The molecule has 0 aromatic heterocycles. The molecule has 0 saturated carbocycles. The van der Waals surface area contributed by atoms with Gasteiger partial charge in [-0.1, -0.05) is 48.0 Å². The molecular formula is C22H28BrNO2. The standard InChI is InChI=1S/C22H28BrNO2/c1-5-8-22(25)26-21-12-11-18(14-16(21)3)15-24(13-6-2)20-10-7-9-19(23)17(20)4/h7,9-12,14H,5-6,8,13,15H2,1-4H3. The number of nitrogens with zero attached hydrogens (tertiary/aromatic N) is 1. The number of aryl methyl sites for hydroxylation is 1. The first-order chi connectivity index (χ1) is 12.5. The predicted molar refractivity (Wildman–Crippen MR) is 112 cm³/mol. The monoisotopic (exact) mass is 417 g/mol. The van der Waals surface area contributed by atoms with Crippen LogP contribution in [0.1, 0.15) is 49.8 Å². The summed E-state index contributed by atoms with van der Waals surface area (Å²) in [4.78, 5) is 14.1. The number of halogens is 1. The molecular weight excluding hydrogens is 390 g/mol. The van der Waals surface area contributed by atoms with Crippen LogP contribution in [0.25, 0.3) is 0 Å². The van der Waals surface area contributed by atoms with E-state index < -0.39 is 0 Å². The van der Waals surface area contributed by atoms with Gasteiger partial charge < -0.3 is 9.64 Å². The van der Waals surface area contributed by atoms with Gasteiger partial charge in [0.2, 0.25) is 0 Å².